The summed E-state index contributed by atoms with van der Waals surface area (Å²) in [7, 11) is 4.20. The molecule has 138 valence electrons. The van der Waals surface area contributed by atoms with Crippen LogP contribution in [0.1, 0.15) is 24.0 Å². The minimum Gasteiger partial charge on any atom is -0.507 e. The van der Waals surface area contributed by atoms with E-state index in [1.165, 1.54) is 5.56 Å². The minimum atomic E-state index is 0.314. The lowest BCUT2D eigenvalue weighted by atomic mass is 9.93. The van der Waals surface area contributed by atoms with Crippen LogP contribution in [0.3, 0.4) is 0 Å². The van der Waals surface area contributed by atoms with E-state index in [9.17, 15) is 5.11 Å². The van der Waals surface area contributed by atoms with Crippen LogP contribution in [0.4, 0.5) is 0 Å². The number of pyridine rings is 1. The average molecular weight is 377 g/mol. The molecule has 0 fully saturated rings. The van der Waals surface area contributed by atoms with Gasteiger partial charge >= 0.3 is 0 Å². The summed E-state index contributed by atoms with van der Waals surface area (Å²) in [6.45, 7) is 5.26. The molecule has 0 aliphatic rings. The Morgan fingerprint density at radius 3 is 2.59 bits per heavy atom. The van der Waals surface area contributed by atoms with Crippen molar-refractivity contribution in [3.8, 4) is 16.9 Å². The molecule has 2 aromatic carbocycles. The fourth-order valence-corrected chi connectivity index (χ4v) is 4.65. The monoisotopic (exact) mass is 376 g/mol. The number of fused-ring (bicyclic) bond motifs is 3. The first-order valence-electron chi connectivity index (χ1n) is 9.19. The van der Waals surface area contributed by atoms with Gasteiger partial charge in [-0.05, 0) is 61.1 Å². The summed E-state index contributed by atoms with van der Waals surface area (Å²) < 4.78 is 1.14. The van der Waals surface area contributed by atoms with Crippen molar-refractivity contribution in [3.63, 3.8) is 0 Å². The molecular weight excluding hydrogens is 352 g/mol. The Morgan fingerprint density at radius 1 is 1.15 bits per heavy atom. The van der Waals surface area contributed by atoms with Crippen LogP contribution in [0.25, 0.3) is 32.1 Å². The second-order valence-corrected chi connectivity index (χ2v) is 8.50. The number of hydrogen-bond donors (Lipinski definition) is 1. The topological polar surface area (TPSA) is 36.4 Å². The maximum atomic E-state index is 10.8. The minimum absolute atomic E-state index is 0.314. The Kier molecular flexibility index (Phi) is 4.62. The van der Waals surface area contributed by atoms with Crippen LogP contribution in [-0.2, 0) is 0 Å². The first-order chi connectivity index (χ1) is 13.0. The lowest BCUT2D eigenvalue weighted by Crippen LogP contribution is -2.18. The molecule has 0 radical (unpaired) electrons. The number of likely N-dealkylation sites (N-methyl/N-ethyl adjacent to an activating group) is 1. The summed E-state index contributed by atoms with van der Waals surface area (Å²) in [5.74, 6) is 0.775. The van der Waals surface area contributed by atoms with Gasteiger partial charge in [-0.2, -0.15) is 0 Å². The van der Waals surface area contributed by atoms with Gasteiger partial charge in [0.05, 0.1) is 10.2 Å². The predicted molar refractivity (Wildman–Crippen MR) is 116 cm³/mol. The maximum Gasteiger partial charge on any atom is 0.124 e. The molecule has 2 heterocycles. The van der Waals surface area contributed by atoms with Gasteiger partial charge in [-0.3, -0.25) is 4.98 Å². The van der Waals surface area contributed by atoms with Crippen molar-refractivity contribution in [2.45, 2.75) is 19.8 Å². The summed E-state index contributed by atoms with van der Waals surface area (Å²) in [6.07, 6.45) is 1.93. The zero-order valence-corrected chi connectivity index (χ0v) is 17.0. The quantitative estimate of drug-likeness (QED) is 0.489. The third kappa shape index (κ3) is 3.20. The molecule has 0 amide bonds. The number of aromatic nitrogens is 1. The van der Waals surface area contributed by atoms with Crippen molar-refractivity contribution in [1.82, 2.24) is 9.88 Å². The van der Waals surface area contributed by atoms with Gasteiger partial charge < -0.3 is 10.0 Å². The Morgan fingerprint density at radius 2 is 1.89 bits per heavy atom. The fraction of sp³-hybridized carbons (Fsp3) is 0.261. The molecule has 2 aromatic heterocycles. The number of nitrogens with zero attached hydrogens (tertiary/aromatic N) is 2. The predicted octanol–water partition coefficient (Wildman–Crippen LogP) is 5.80. The molecule has 0 aliphatic heterocycles. The molecule has 3 nitrogen and oxygen atoms in total. The standard InChI is InChI=1S/C23H24N2OS/c1-14-11-19(26)21(22-18-9-10-27-20(18)12-24-23(14)22)17-7-5-16(6-8-17)15(2)13-25(3)4/h5-12,15,26H,13H2,1-4H3/t15-/m0/s1. The molecule has 0 spiro atoms. The lowest BCUT2D eigenvalue weighted by Gasteiger charge is -2.18. The molecule has 0 saturated carbocycles. The van der Waals surface area contributed by atoms with E-state index in [0.717, 1.165) is 44.2 Å². The van der Waals surface area contributed by atoms with Crippen LogP contribution >= 0.6 is 11.3 Å². The van der Waals surface area contributed by atoms with Crippen molar-refractivity contribution < 1.29 is 5.11 Å². The normalized spacial score (nSPS) is 12.9. The molecule has 1 N–H and O–H groups in total. The van der Waals surface area contributed by atoms with Crippen LogP contribution in [0.5, 0.6) is 5.75 Å². The van der Waals surface area contributed by atoms with Crippen molar-refractivity contribution in [1.29, 1.82) is 0 Å². The fourth-order valence-electron chi connectivity index (χ4n) is 3.89. The van der Waals surface area contributed by atoms with Gasteiger partial charge in [-0.1, -0.05) is 31.2 Å². The van der Waals surface area contributed by atoms with Crippen LogP contribution < -0.4 is 0 Å². The highest BCUT2D eigenvalue weighted by atomic mass is 32.1. The third-order valence-corrected chi connectivity index (χ3v) is 6.00. The highest BCUT2D eigenvalue weighted by molar-refractivity contribution is 7.17. The van der Waals surface area contributed by atoms with Gasteiger partial charge in [0.1, 0.15) is 5.75 Å². The molecular formula is C23H24N2OS. The van der Waals surface area contributed by atoms with Crippen molar-refractivity contribution in [2.24, 2.45) is 0 Å². The highest BCUT2D eigenvalue weighted by Crippen LogP contribution is 2.42. The maximum absolute atomic E-state index is 10.8. The zero-order valence-electron chi connectivity index (χ0n) is 16.2. The molecule has 0 saturated heterocycles. The summed E-state index contributed by atoms with van der Waals surface area (Å²) >= 11 is 1.68. The number of aromatic hydroxyl groups is 1. The zero-order chi connectivity index (χ0) is 19.1. The summed E-state index contributed by atoms with van der Waals surface area (Å²) in [5, 5.41) is 15.1. The average Bonchev–Trinajstić information content (AvgIpc) is 3.10. The third-order valence-electron chi connectivity index (χ3n) is 5.15. The van der Waals surface area contributed by atoms with Crippen LogP contribution in [0, 0.1) is 6.92 Å². The molecule has 4 rings (SSSR count). The van der Waals surface area contributed by atoms with Crippen LogP contribution in [0.15, 0.2) is 48.0 Å². The first kappa shape index (κ1) is 18.0. The van der Waals surface area contributed by atoms with Gasteiger partial charge in [0, 0.05) is 29.1 Å². The molecule has 4 aromatic rings. The summed E-state index contributed by atoms with van der Waals surface area (Å²) in [5.41, 5.74) is 5.16. The number of phenols is 1. The van der Waals surface area contributed by atoms with Gasteiger partial charge in [-0.25, -0.2) is 0 Å². The van der Waals surface area contributed by atoms with E-state index in [0.29, 0.717) is 11.7 Å². The van der Waals surface area contributed by atoms with Gasteiger partial charge in [0.25, 0.3) is 0 Å². The number of thiophene rings is 1. The van der Waals surface area contributed by atoms with E-state index in [4.69, 9.17) is 0 Å². The highest BCUT2D eigenvalue weighted by Gasteiger charge is 2.16. The molecule has 1 atom stereocenters. The number of benzene rings is 2. The summed E-state index contributed by atoms with van der Waals surface area (Å²) in [6, 6.07) is 12.5. The second-order valence-electron chi connectivity index (χ2n) is 7.55. The molecule has 0 bridgehead atoms. The van der Waals surface area contributed by atoms with Crippen molar-refractivity contribution in [2.75, 3.05) is 20.6 Å². The van der Waals surface area contributed by atoms with E-state index in [1.807, 2.05) is 19.2 Å². The number of phenolic OH excluding ortho intramolecular Hbond substituents is 1. The smallest absolute Gasteiger partial charge is 0.124 e. The Hall–Kier alpha value is -2.43. The Labute approximate surface area is 163 Å². The first-order valence-corrected chi connectivity index (χ1v) is 10.1. The molecule has 0 unspecified atom stereocenters. The van der Waals surface area contributed by atoms with Crippen molar-refractivity contribution >= 4 is 32.3 Å². The lowest BCUT2D eigenvalue weighted by molar-refractivity contribution is 0.383. The van der Waals surface area contributed by atoms with E-state index in [-0.39, 0.29) is 0 Å². The van der Waals surface area contributed by atoms with Crippen molar-refractivity contribution in [3.05, 3.63) is 59.1 Å². The molecule has 4 heteroatoms. The van der Waals surface area contributed by atoms with E-state index >= 15 is 0 Å². The van der Waals surface area contributed by atoms with Gasteiger partial charge in [-0.15, -0.1) is 11.3 Å². The summed E-state index contributed by atoms with van der Waals surface area (Å²) in [4.78, 5) is 6.89. The van der Waals surface area contributed by atoms with Crippen LogP contribution in [-0.4, -0.2) is 35.6 Å². The van der Waals surface area contributed by atoms with Gasteiger partial charge in [0.15, 0.2) is 0 Å². The molecule has 27 heavy (non-hydrogen) atoms. The largest absolute Gasteiger partial charge is 0.507 e. The van der Waals surface area contributed by atoms with Gasteiger partial charge in [0.2, 0.25) is 0 Å². The Bertz CT molecular complexity index is 1110. The number of hydrogen-bond acceptors (Lipinski definition) is 4. The number of aryl methyl sites for hydroxylation is 1. The van der Waals surface area contributed by atoms with E-state index in [1.54, 1.807) is 11.3 Å². The van der Waals surface area contributed by atoms with E-state index in [2.05, 4.69) is 66.6 Å². The second kappa shape index (κ2) is 6.95. The molecule has 0 aliphatic carbocycles. The number of rotatable bonds is 4. The Balaban J connectivity index is 1.90. The SMILES string of the molecule is Cc1cc(O)c(-c2ccc([C@@H](C)CN(C)C)cc2)c2c1ncc1sccc12. The van der Waals surface area contributed by atoms with Crippen LogP contribution in [0.2, 0.25) is 0 Å². The van der Waals surface area contributed by atoms with E-state index < -0.39 is 0 Å².